The number of sulfone groups is 1. The van der Waals surface area contributed by atoms with Gasteiger partial charge in [0.2, 0.25) is 0 Å². The molecule has 2 aliphatic heterocycles. The molecule has 1 N–H and O–H groups in total. The Labute approximate surface area is 115 Å². The molecule has 2 aliphatic rings. The van der Waals surface area contributed by atoms with Gasteiger partial charge in [-0.1, -0.05) is 28.1 Å². The second-order valence-corrected chi connectivity index (χ2v) is 7.69. The SMILES string of the molecule is Cl.O=S1(=O)C[C@]2(c3ccc(Br)cc3)CNC[C@@H]21. The summed E-state index contributed by atoms with van der Waals surface area (Å²) in [6.45, 7) is 1.37. The minimum absolute atomic E-state index is 0. The van der Waals surface area contributed by atoms with E-state index in [0.29, 0.717) is 12.3 Å². The molecule has 1 aromatic rings. The van der Waals surface area contributed by atoms with E-state index in [9.17, 15) is 8.42 Å². The molecule has 0 amide bonds. The predicted octanol–water partition coefficient (Wildman–Crippen LogP) is 1.51. The van der Waals surface area contributed by atoms with Crippen molar-refractivity contribution in [2.75, 3.05) is 18.8 Å². The van der Waals surface area contributed by atoms with Gasteiger partial charge in [-0.3, -0.25) is 0 Å². The summed E-state index contributed by atoms with van der Waals surface area (Å²) in [5.41, 5.74) is 0.972. The number of benzene rings is 1. The molecular weight excluding hydrogens is 326 g/mol. The van der Waals surface area contributed by atoms with Crippen LogP contribution in [0.2, 0.25) is 0 Å². The van der Waals surface area contributed by atoms with E-state index in [1.165, 1.54) is 0 Å². The van der Waals surface area contributed by atoms with Crippen molar-refractivity contribution < 1.29 is 8.42 Å². The van der Waals surface area contributed by atoms with Crippen molar-refractivity contribution in [3.63, 3.8) is 0 Å². The summed E-state index contributed by atoms with van der Waals surface area (Å²) in [6.07, 6.45) is 0. The first-order valence-corrected chi connectivity index (χ1v) is 7.74. The summed E-state index contributed by atoms with van der Waals surface area (Å²) in [6, 6.07) is 8.01. The highest BCUT2D eigenvalue weighted by Crippen LogP contribution is 2.45. The predicted molar refractivity (Wildman–Crippen MR) is 73.5 cm³/mol. The highest BCUT2D eigenvalue weighted by Gasteiger charge is 2.61. The average molecular weight is 339 g/mol. The zero-order valence-electron chi connectivity index (χ0n) is 9.02. The van der Waals surface area contributed by atoms with Crippen LogP contribution in [0.3, 0.4) is 0 Å². The van der Waals surface area contributed by atoms with Crippen molar-refractivity contribution in [3.8, 4) is 0 Å². The Hall–Kier alpha value is -0.100. The molecule has 0 radical (unpaired) electrons. The second kappa shape index (κ2) is 4.23. The van der Waals surface area contributed by atoms with Gasteiger partial charge in [0, 0.05) is 23.0 Å². The lowest BCUT2D eigenvalue weighted by Gasteiger charge is -2.43. The Bertz CT molecular complexity index is 531. The van der Waals surface area contributed by atoms with Crippen LogP contribution >= 0.6 is 28.3 Å². The third-order valence-corrected chi connectivity index (χ3v) is 6.63. The van der Waals surface area contributed by atoms with Crippen molar-refractivity contribution in [3.05, 3.63) is 34.3 Å². The lowest BCUT2D eigenvalue weighted by atomic mass is 9.80. The Morgan fingerprint density at radius 3 is 2.53 bits per heavy atom. The van der Waals surface area contributed by atoms with E-state index in [1.54, 1.807) is 0 Å². The maximum Gasteiger partial charge on any atom is 0.156 e. The molecule has 0 saturated carbocycles. The summed E-state index contributed by atoms with van der Waals surface area (Å²) in [5, 5.41) is 2.98. The van der Waals surface area contributed by atoms with Gasteiger partial charge in [-0.25, -0.2) is 8.42 Å². The number of nitrogens with one attached hydrogen (secondary N) is 1. The fourth-order valence-corrected chi connectivity index (χ4v) is 5.58. The molecule has 3 rings (SSSR count). The largest absolute Gasteiger partial charge is 0.314 e. The van der Waals surface area contributed by atoms with Crippen LogP contribution in [0.15, 0.2) is 28.7 Å². The van der Waals surface area contributed by atoms with E-state index in [1.807, 2.05) is 24.3 Å². The molecular formula is C11H13BrClNO2S. The van der Waals surface area contributed by atoms with Gasteiger partial charge in [-0.2, -0.15) is 0 Å². The Morgan fingerprint density at radius 1 is 1.29 bits per heavy atom. The van der Waals surface area contributed by atoms with E-state index in [4.69, 9.17) is 0 Å². The van der Waals surface area contributed by atoms with Crippen LogP contribution in [0, 0.1) is 0 Å². The van der Waals surface area contributed by atoms with Crippen molar-refractivity contribution in [1.29, 1.82) is 0 Å². The van der Waals surface area contributed by atoms with E-state index < -0.39 is 9.84 Å². The summed E-state index contributed by atoms with van der Waals surface area (Å²) in [7, 11) is -2.85. The fraction of sp³-hybridized carbons (Fsp3) is 0.455. The summed E-state index contributed by atoms with van der Waals surface area (Å²) < 4.78 is 24.4. The summed E-state index contributed by atoms with van der Waals surface area (Å²) >= 11 is 3.39. The monoisotopic (exact) mass is 337 g/mol. The van der Waals surface area contributed by atoms with Crippen molar-refractivity contribution >= 4 is 38.2 Å². The van der Waals surface area contributed by atoms with Gasteiger partial charge in [0.25, 0.3) is 0 Å². The molecule has 3 nitrogen and oxygen atoms in total. The first-order chi connectivity index (χ1) is 7.55. The van der Waals surface area contributed by atoms with Crippen molar-refractivity contribution in [1.82, 2.24) is 5.32 Å². The highest BCUT2D eigenvalue weighted by molar-refractivity contribution is 9.10. The van der Waals surface area contributed by atoms with E-state index >= 15 is 0 Å². The Kier molecular flexibility index (Phi) is 3.32. The Balaban J connectivity index is 0.00000108. The van der Waals surface area contributed by atoms with Crippen LogP contribution in [-0.2, 0) is 15.3 Å². The van der Waals surface area contributed by atoms with Crippen LogP contribution in [0.5, 0.6) is 0 Å². The first kappa shape index (κ1) is 13.3. The highest BCUT2D eigenvalue weighted by atomic mass is 79.9. The fourth-order valence-electron chi connectivity index (χ4n) is 2.86. The third kappa shape index (κ3) is 1.84. The summed E-state index contributed by atoms with van der Waals surface area (Å²) in [4.78, 5) is 0. The van der Waals surface area contributed by atoms with Crippen LogP contribution in [0.1, 0.15) is 5.56 Å². The number of rotatable bonds is 1. The molecule has 0 aromatic heterocycles. The zero-order valence-corrected chi connectivity index (χ0v) is 12.2. The lowest BCUT2D eigenvalue weighted by Crippen LogP contribution is -2.59. The van der Waals surface area contributed by atoms with E-state index in [2.05, 4.69) is 21.2 Å². The van der Waals surface area contributed by atoms with Gasteiger partial charge in [0.05, 0.1) is 11.0 Å². The van der Waals surface area contributed by atoms with Gasteiger partial charge in [-0.05, 0) is 17.7 Å². The minimum atomic E-state index is -2.85. The average Bonchev–Trinajstić information content (AvgIpc) is 2.59. The normalized spacial score (nSPS) is 33.4. The molecule has 2 atom stereocenters. The van der Waals surface area contributed by atoms with E-state index in [0.717, 1.165) is 16.6 Å². The van der Waals surface area contributed by atoms with Gasteiger partial charge >= 0.3 is 0 Å². The summed E-state index contributed by atoms with van der Waals surface area (Å²) in [5.74, 6) is 0.291. The van der Waals surface area contributed by atoms with E-state index in [-0.39, 0.29) is 23.1 Å². The number of hydrogen-bond acceptors (Lipinski definition) is 3. The quantitative estimate of drug-likeness (QED) is 0.844. The number of halogens is 2. The van der Waals surface area contributed by atoms with Crippen LogP contribution < -0.4 is 5.32 Å². The lowest BCUT2D eigenvalue weighted by molar-refractivity contribution is 0.444. The molecule has 0 spiro atoms. The molecule has 17 heavy (non-hydrogen) atoms. The molecule has 0 bridgehead atoms. The van der Waals surface area contributed by atoms with Gasteiger partial charge in [-0.15, -0.1) is 12.4 Å². The standard InChI is InChI=1S/C11H12BrNO2S.ClH/c12-9-3-1-8(2-4-9)11-6-13-5-10(11)16(14,15)7-11;/h1-4,10,13H,5-7H2;1H/t10-,11-;/m0./s1. The zero-order chi connectivity index (χ0) is 11.4. The maximum atomic E-state index is 11.7. The smallest absolute Gasteiger partial charge is 0.156 e. The van der Waals surface area contributed by atoms with Crippen LogP contribution in [0.25, 0.3) is 0 Å². The van der Waals surface area contributed by atoms with Gasteiger partial charge < -0.3 is 5.32 Å². The number of fused-ring (bicyclic) bond motifs is 1. The van der Waals surface area contributed by atoms with Gasteiger partial charge in [0.1, 0.15) is 0 Å². The van der Waals surface area contributed by atoms with Crippen LogP contribution in [0.4, 0.5) is 0 Å². The maximum absolute atomic E-state index is 11.7. The molecule has 0 aliphatic carbocycles. The first-order valence-electron chi connectivity index (χ1n) is 5.23. The molecule has 94 valence electrons. The third-order valence-electron chi connectivity index (χ3n) is 3.70. The van der Waals surface area contributed by atoms with Crippen LogP contribution in [-0.4, -0.2) is 32.5 Å². The topological polar surface area (TPSA) is 46.2 Å². The molecule has 2 saturated heterocycles. The molecule has 2 heterocycles. The Morgan fingerprint density at radius 2 is 1.94 bits per heavy atom. The van der Waals surface area contributed by atoms with Crippen molar-refractivity contribution in [2.45, 2.75) is 10.7 Å². The molecule has 1 aromatic carbocycles. The minimum Gasteiger partial charge on any atom is -0.314 e. The van der Waals surface area contributed by atoms with Gasteiger partial charge in [0.15, 0.2) is 9.84 Å². The molecule has 2 fully saturated rings. The molecule has 0 unspecified atom stereocenters. The molecule has 6 heteroatoms. The van der Waals surface area contributed by atoms with Crippen molar-refractivity contribution in [2.24, 2.45) is 0 Å². The number of hydrogen-bond donors (Lipinski definition) is 1. The second-order valence-electron chi connectivity index (χ2n) is 4.59.